The monoisotopic (exact) mass is 235 g/mol. The van der Waals surface area contributed by atoms with Crippen LogP contribution in [0.15, 0.2) is 18.3 Å². The van der Waals surface area contributed by atoms with Gasteiger partial charge in [-0.3, -0.25) is 4.98 Å². The molecule has 0 saturated carbocycles. The van der Waals surface area contributed by atoms with E-state index in [4.69, 9.17) is 5.73 Å². The normalized spacial score (nSPS) is 11.5. The predicted octanol–water partition coefficient (Wildman–Crippen LogP) is 2.88. The van der Waals surface area contributed by atoms with E-state index in [2.05, 4.69) is 38.0 Å². The molecule has 0 unspecified atom stereocenters. The van der Waals surface area contributed by atoms with Crippen LogP contribution in [0.5, 0.6) is 0 Å². The Labute approximate surface area is 105 Å². The minimum Gasteiger partial charge on any atom is -0.385 e. The Morgan fingerprint density at radius 1 is 1.24 bits per heavy atom. The maximum absolute atomic E-state index is 5.58. The zero-order valence-electron chi connectivity index (χ0n) is 11.4. The van der Waals surface area contributed by atoms with Crippen LogP contribution in [0.2, 0.25) is 0 Å². The van der Waals surface area contributed by atoms with E-state index in [-0.39, 0.29) is 0 Å². The third kappa shape index (κ3) is 4.35. The molecule has 3 heteroatoms. The lowest BCUT2D eigenvalue weighted by molar-refractivity contribution is 0.304. The van der Waals surface area contributed by atoms with E-state index >= 15 is 0 Å². The second kappa shape index (κ2) is 6.60. The molecule has 1 aromatic heterocycles. The van der Waals surface area contributed by atoms with Crippen molar-refractivity contribution in [1.29, 1.82) is 0 Å². The number of aromatic nitrogens is 1. The summed E-state index contributed by atoms with van der Waals surface area (Å²) in [6, 6.07) is 4.02. The molecule has 17 heavy (non-hydrogen) atoms. The molecule has 0 fully saturated rings. The Balaban J connectivity index is 2.59. The topological polar surface area (TPSA) is 50.9 Å². The Bertz CT molecular complexity index is 326. The lowest BCUT2D eigenvalue weighted by Crippen LogP contribution is -2.24. The highest BCUT2D eigenvalue weighted by atomic mass is 14.9. The van der Waals surface area contributed by atoms with Gasteiger partial charge in [0.2, 0.25) is 0 Å². The number of nitrogens with one attached hydrogen (secondary N) is 1. The van der Waals surface area contributed by atoms with Gasteiger partial charge in [-0.2, -0.15) is 0 Å². The number of hydrogen-bond acceptors (Lipinski definition) is 3. The van der Waals surface area contributed by atoms with Crippen molar-refractivity contribution in [2.75, 3.05) is 11.9 Å². The smallest absolute Gasteiger partial charge is 0.0559 e. The van der Waals surface area contributed by atoms with Gasteiger partial charge in [0, 0.05) is 25.0 Å². The van der Waals surface area contributed by atoms with E-state index in [0.29, 0.717) is 24.3 Å². The maximum Gasteiger partial charge on any atom is 0.0559 e. The predicted molar refractivity (Wildman–Crippen MR) is 73.8 cm³/mol. The summed E-state index contributed by atoms with van der Waals surface area (Å²) < 4.78 is 0. The number of nitrogens with zero attached hydrogens (tertiary/aromatic N) is 1. The lowest BCUT2D eigenvalue weighted by Gasteiger charge is -2.25. The Morgan fingerprint density at radius 2 is 1.88 bits per heavy atom. The molecule has 0 aliphatic heterocycles. The first-order chi connectivity index (χ1) is 8.04. The number of anilines is 1. The van der Waals surface area contributed by atoms with Crippen molar-refractivity contribution < 1.29 is 0 Å². The molecule has 3 N–H and O–H groups in total. The molecule has 1 rings (SSSR count). The van der Waals surface area contributed by atoms with Gasteiger partial charge in [-0.05, 0) is 29.9 Å². The third-order valence-corrected chi connectivity index (χ3v) is 3.28. The summed E-state index contributed by atoms with van der Waals surface area (Å²) >= 11 is 0. The fourth-order valence-electron chi connectivity index (χ4n) is 2.18. The van der Waals surface area contributed by atoms with Gasteiger partial charge in [-0.25, -0.2) is 0 Å². The van der Waals surface area contributed by atoms with Gasteiger partial charge in [0.15, 0.2) is 0 Å². The van der Waals surface area contributed by atoms with E-state index in [1.165, 1.54) is 0 Å². The van der Waals surface area contributed by atoms with Crippen LogP contribution in [-0.4, -0.2) is 11.5 Å². The minimum absolute atomic E-state index is 0.493. The van der Waals surface area contributed by atoms with Crippen LogP contribution in [0.25, 0.3) is 0 Å². The van der Waals surface area contributed by atoms with Crippen LogP contribution in [0.4, 0.5) is 5.69 Å². The van der Waals surface area contributed by atoms with Crippen molar-refractivity contribution in [3.8, 4) is 0 Å². The molecule has 1 aromatic rings. The largest absolute Gasteiger partial charge is 0.385 e. The molecule has 0 bridgehead atoms. The Morgan fingerprint density at radius 3 is 2.41 bits per heavy atom. The van der Waals surface area contributed by atoms with Gasteiger partial charge in [-0.1, -0.05) is 27.7 Å². The quantitative estimate of drug-likeness (QED) is 0.797. The fraction of sp³-hybridized carbons (Fsp3) is 0.643. The molecule has 0 amide bonds. The highest BCUT2D eigenvalue weighted by Gasteiger charge is 2.16. The van der Waals surface area contributed by atoms with Gasteiger partial charge in [-0.15, -0.1) is 0 Å². The standard InChI is InChI=1S/C14H25N3/c1-10(2)14(11(3)4)9-17-12-5-6-16-13(7-12)8-15/h5-7,10-11,14H,8-9,15H2,1-4H3,(H,16,17). The van der Waals surface area contributed by atoms with E-state index < -0.39 is 0 Å². The van der Waals surface area contributed by atoms with Gasteiger partial charge >= 0.3 is 0 Å². The Kier molecular flexibility index (Phi) is 5.42. The van der Waals surface area contributed by atoms with Crippen LogP contribution in [0.1, 0.15) is 33.4 Å². The molecule has 0 radical (unpaired) electrons. The summed E-state index contributed by atoms with van der Waals surface area (Å²) in [6.45, 7) is 10.6. The molecule has 0 aliphatic rings. The first kappa shape index (κ1) is 14.0. The van der Waals surface area contributed by atoms with E-state index in [1.807, 2.05) is 18.3 Å². The molecule has 0 aliphatic carbocycles. The average molecular weight is 235 g/mol. The third-order valence-electron chi connectivity index (χ3n) is 3.28. The summed E-state index contributed by atoms with van der Waals surface area (Å²) in [5.41, 5.74) is 7.63. The van der Waals surface area contributed by atoms with Crippen molar-refractivity contribution in [2.45, 2.75) is 34.2 Å². The van der Waals surface area contributed by atoms with Crippen LogP contribution in [0, 0.1) is 17.8 Å². The number of hydrogen-bond donors (Lipinski definition) is 2. The van der Waals surface area contributed by atoms with Crippen molar-refractivity contribution >= 4 is 5.69 Å². The zero-order valence-corrected chi connectivity index (χ0v) is 11.4. The molecule has 0 saturated heterocycles. The van der Waals surface area contributed by atoms with Gasteiger partial charge in [0.1, 0.15) is 0 Å². The molecule has 0 spiro atoms. The fourth-order valence-corrected chi connectivity index (χ4v) is 2.18. The van der Waals surface area contributed by atoms with Crippen molar-refractivity contribution in [3.05, 3.63) is 24.0 Å². The molecule has 1 heterocycles. The molecule has 0 atom stereocenters. The molecular weight excluding hydrogens is 210 g/mol. The van der Waals surface area contributed by atoms with Gasteiger partial charge < -0.3 is 11.1 Å². The summed E-state index contributed by atoms with van der Waals surface area (Å²) in [6.07, 6.45) is 1.81. The highest BCUT2D eigenvalue weighted by molar-refractivity contribution is 5.43. The number of nitrogens with two attached hydrogens (primary N) is 1. The summed E-state index contributed by atoms with van der Waals surface area (Å²) in [7, 11) is 0. The minimum atomic E-state index is 0.493. The summed E-state index contributed by atoms with van der Waals surface area (Å²) in [4.78, 5) is 4.19. The van der Waals surface area contributed by atoms with Crippen molar-refractivity contribution in [2.24, 2.45) is 23.5 Å². The SMILES string of the molecule is CC(C)C(CNc1ccnc(CN)c1)C(C)C. The maximum atomic E-state index is 5.58. The van der Waals surface area contributed by atoms with E-state index in [0.717, 1.165) is 17.9 Å². The van der Waals surface area contributed by atoms with Crippen molar-refractivity contribution in [3.63, 3.8) is 0 Å². The van der Waals surface area contributed by atoms with Gasteiger partial charge in [0.25, 0.3) is 0 Å². The van der Waals surface area contributed by atoms with Crippen LogP contribution < -0.4 is 11.1 Å². The highest BCUT2D eigenvalue weighted by Crippen LogP contribution is 2.21. The second-order valence-corrected chi connectivity index (χ2v) is 5.27. The molecular formula is C14H25N3. The van der Waals surface area contributed by atoms with Gasteiger partial charge in [0.05, 0.1) is 5.69 Å². The van der Waals surface area contributed by atoms with E-state index in [1.54, 1.807) is 0 Å². The zero-order chi connectivity index (χ0) is 12.8. The molecule has 96 valence electrons. The first-order valence-corrected chi connectivity index (χ1v) is 6.43. The molecule has 0 aromatic carbocycles. The number of pyridine rings is 1. The number of rotatable bonds is 6. The Hall–Kier alpha value is -1.09. The van der Waals surface area contributed by atoms with E-state index in [9.17, 15) is 0 Å². The lowest BCUT2D eigenvalue weighted by atomic mass is 9.85. The van der Waals surface area contributed by atoms with Crippen LogP contribution >= 0.6 is 0 Å². The first-order valence-electron chi connectivity index (χ1n) is 6.43. The second-order valence-electron chi connectivity index (χ2n) is 5.27. The summed E-state index contributed by atoms with van der Waals surface area (Å²) in [5, 5.41) is 3.49. The average Bonchev–Trinajstić information content (AvgIpc) is 2.28. The van der Waals surface area contributed by atoms with Crippen LogP contribution in [-0.2, 0) is 6.54 Å². The van der Waals surface area contributed by atoms with Crippen LogP contribution in [0.3, 0.4) is 0 Å². The molecule has 3 nitrogen and oxygen atoms in total. The summed E-state index contributed by atoms with van der Waals surface area (Å²) in [5.74, 6) is 2.07. The van der Waals surface area contributed by atoms with Crippen molar-refractivity contribution in [1.82, 2.24) is 4.98 Å².